The predicted molar refractivity (Wildman–Crippen MR) is 71.8 cm³/mol. The van der Waals surface area contributed by atoms with Crippen LogP contribution in [0, 0.1) is 18.7 Å². The number of hydrogen-bond acceptors (Lipinski definition) is 4. The summed E-state index contributed by atoms with van der Waals surface area (Å²) >= 11 is 0. The number of rotatable bonds is 6. The summed E-state index contributed by atoms with van der Waals surface area (Å²) in [5.41, 5.74) is 5.93. The summed E-state index contributed by atoms with van der Waals surface area (Å²) in [6.07, 6.45) is 0. The molecule has 0 fully saturated rings. The lowest BCUT2D eigenvalue weighted by Gasteiger charge is -2.13. The molecular weight excluding hydrogens is 271 g/mol. The summed E-state index contributed by atoms with van der Waals surface area (Å²) < 4.78 is 44.8. The lowest BCUT2D eigenvalue weighted by Crippen LogP contribution is -2.30. The van der Waals surface area contributed by atoms with E-state index >= 15 is 0 Å². The SMILES string of the molecule is COCC(C)CNS(=O)(=O)c1cc(N)c(C)c(F)c1. The maximum absolute atomic E-state index is 13.5. The van der Waals surface area contributed by atoms with Gasteiger partial charge in [0.2, 0.25) is 10.0 Å². The lowest BCUT2D eigenvalue weighted by molar-refractivity contribution is 0.161. The number of hydrogen-bond donors (Lipinski definition) is 2. The minimum atomic E-state index is -3.76. The summed E-state index contributed by atoms with van der Waals surface area (Å²) in [7, 11) is -2.22. The van der Waals surface area contributed by atoms with Crippen LogP contribution in [0.2, 0.25) is 0 Å². The van der Waals surface area contributed by atoms with Gasteiger partial charge in [-0.2, -0.15) is 0 Å². The Balaban J connectivity index is 2.89. The molecule has 1 aromatic rings. The fraction of sp³-hybridized carbons (Fsp3) is 0.500. The zero-order chi connectivity index (χ0) is 14.6. The van der Waals surface area contributed by atoms with Gasteiger partial charge in [-0.05, 0) is 25.0 Å². The Morgan fingerprint density at radius 3 is 2.63 bits per heavy atom. The van der Waals surface area contributed by atoms with Gasteiger partial charge in [0.1, 0.15) is 5.82 Å². The van der Waals surface area contributed by atoms with Gasteiger partial charge in [-0.3, -0.25) is 0 Å². The Kier molecular flexibility index (Phi) is 5.28. The van der Waals surface area contributed by atoms with E-state index in [-0.39, 0.29) is 28.6 Å². The molecule has 0 bridgehead atoms. The molecule has 0 heterocycles. The van der Waals surface area contributed by atoms with E-state index in [4.69, 9.17) is 10.5 Å². The molecule has 0 aromatic heterocycles. The highest BCUT2D eigenvalue weighted by atomic mass is 32.2. The summed E-state index contributed by atoms with van der Waals surface area (Å²) in [5.74, 6) is -0.613. The molecule has 1 atom stereocenters. The monoisotopic (exact) mass is 290 g/mol. The van der Waals surface area contributed by atoms with Gasteiger partial charge < -0.3 is 10.5 Å². The Hall–Kier alpha value is -1.18. The third-order valence-electron chi connectivity index (χ3n) is 2.74. The van der Waals surface area contributed by atoms with Crippen molar-refractivity contribution in [2.75, 3.05) is 26.0 Å². The molecule has 0 saturated heterocycles. The van der Waals surface area contributed by atoms with Gasteiger partial charge in [0.05, 0.1) is 4.90 Å². The van der Waals surface area contributed by atoms with Crippen molar-refractivity contribution in [2.45, 2.75) is 18.7 Å². The van der Waals surface area contributed by atoms with E-state index in [0.717, 1.165) is 6.07 Å². The number of nitrogens with two attached hydrogens (primary N) is 1. The van der Waals surface area contributed by atoms with Crippen LogP contribution in [0.3, 0.4) is 0 Å². The highest BCUT2D eigenvalue weighted by molar-refractivity contribution is 7.89. The predicted octanol–water partition coefficient (Wildman–Crippen LogP) is 1.28. The van der Waals surface area contributed by atoms with Gasteiger partial charge in [0.25, 0.3) is 0 Å². The van der Waals surface area contributed by atoms with Crippen molar-refractivity contribution < 1.29 is 17.5 Å². The van der Waals surface area contributed by atoms with E-state index in [1.165, 1.54) is 13.0 Å². The molecule has 5 nitrogen and oxygen atoms in total. The van der Waals surface area contributed by atoms with Crippen LogP contribution >= 0.6 is 0 Å². The average Bonchev–Trinajstić information content (AvgIpc) is 2.33. The molecule has 3 N–H and O–H groups in total. The van der Waals surface area contributed by atoms with Crippen LogP contribution in [0.4, 0.5) is 10.1 Å². The standard InChI is InChI=1S/C12H19FN2O3S/c1-8(7-18-3)6-15-19(16,17)10-4-11(13)9(2)12(14)5-10/h4-5,8,15H,6-7,14H2,1-3H3. The summed E-state index contributed by atoms with van der Waals surface area (Å²) in [4.78, 5) is -0.169. The second kappa shape index (κ2) is 6.31. The maximum Gasteiger partial charge on any atom is 0.240 e. The fourth-order valence-electron chi connectivity index (χ4n) is 1.51. The zero-order valence-corrected chi connectivity index (χ0v) is 12.1. The molecule has 1 unspecified atom stereocenters. The van der Waals surface area contributed by atoms with Crippen LogP contribution in [0.5, 0.6) is 0 Å². The Labute approximate surface area is 113 Å². The number of benzene rings is 1. The van der Waals surface area contributed by atoms with Crippen LogP contribution in [0.1, 0.15) is 12.5 Å². The number of nitrogen functional groups attached to an aromatic ring is 1. The second-order valence-electron chi connectivity index (χ2n) is 4.53. The molecule has 0 radical (unpaired) electrons. The first-order valence-corrected chi connectivity index (χ1v) is 7.30. The number of methoxy groups -OCH3 is 1. The van der Waals surface area contributed by atoms with Crippen LogP contribution in [-0.2, 0) is 14.8 Å². The van der Waals surface area contributed by atoms with Gasteiger partial charge in [-0.25, -0.2) is 17.5 Å². The number of sulfonamides is 1. The Morgan fingerprint density at radius 2 is 2.11 bits per heavy atom. The average molecular weight is 290 g/mol. The van der Waals surface area contributed by atoms with Gasteiger partial charge in [-0.15, -0.1) is 0 Å². The topological polar surface area (TPSA) is 81.4 Å². The molecule has 1 aromatic carbocycles. The highest BCUT2D eigenvalue weighted by Crippen LogP contribution is 2.20. The van der Waals surface area contributed by atoms with Gasteiger partial charge in [0.15, 0.2) is 0 Å². The summed E-state index contributed by atoms with van der Waals surface area (Å²) in [5, 5.41) is 0. The molecule has 0 aliphatic heterocycles. The van der Waals surface area contributed by atoms with Crippen molar-refractivity contribution in [1.82, 2.24) is 4.72 Å². The van der Waals surface area contributed by atoms with Crippen LogP contribution in [0.15, 0.2) is 17.0 Å². The van der Waals surface area contributed by atoms with E-state index in [9.17, 15) is 12.8 Å². The summed E-state index contributed by atoms with van der Waals surface area (Å²) in [6.45, 7) is 3.99. The van der Waals surface area contributed by atoms with Crippen LogP contribution in [0.25, 0.3) is 0 Å². The molecule has 19 heavy (non-hydrogen) atoms. The number of halogens is 1. The van der Waals surface area contributed by atoms with E-state index < -0.39 is 15.8 Å². The summed E-state index contributed by atoms with van der Waals surface area (Å²) in [6, 6.07) is 2.22. The molecule has 0 aliphatic rings. The van der Waals surface area contributed by atoms with Crippen molar-refractivity contribution >= 4 is 15.7 Å². The first kappa shape index (κ1) is 15.9. The normalized spacial score (nSPS) is 13.5. The molecule has 0 amide bonds. The third kappa shape index (κ3) is 4.15. The van der Waals surface area contributed by atoms with Crippen molar-refractivity contribution in [3.8, 4) is 0 Å². The number of anilines is 1. The molecular formula is C12H19FN2O3S. The van der Waals surface area contributed by atoms with E-state index in [1.54, 1.807) is 7.11 Å². The van der Waals surface area contributed by atoms with Crippen molar-refractivity contribution in [3.05, 3.63) is 23.5 Å². The van der Waals surface area contributed by atoms with E-state index in [0.29, 0.717) is 6.61 Å². The van der Waals surface area contributed by atoms with Gasteiger partial charge in [-0.1, -0.05) is 6.92 Å². The largest absolute Gasteiger partial charge is 0.398 e. The van der Waals surface area contributed by atoms with Crippen molar-refractivity contribution in [3.63, 3.8) is 0 Å². The van der Waals surface area contributed by atoms with Gasteiger partial charge >= 0.3 is 0 Å². The highest BCUT2D eigenvalue weighted by Gasteiger charge is 2.18. The van der Waals surface area contributed by atoms with Gasteiger partial charge in [0, 0.05) is 31.5 Å². The molecule has 0 aliphatic carbocycles. The van der Waals surface area contributed by atoms with E-state index in [1.807, 2.05) is 6.92 Å². The Bertz CT molecular complexity index is 523. The second-order valence-corrected chi connectivity index (χ2v) is 6.30. The van der Waals surface area contributed by atoms with Crippen LogP contribution in [-0.4, -0.2) is 28.7 Å². The number of ether oxygens (including phenoxy) is 1. The quantitative estimate of drug-likeness (QED) is 0.773. The molecule has 0 saturated carbocycles. The minimum Gasteiger partial charge on any atom is -0.398 e. The molecule has 0 spiro atoms. The molecule has 108 valence electrons. The molecule has 7 heteroatoms. The first-order valence-electron chi connectivity index (χ1n) is 5.82. The minimum absolute atomic E-state index is 0.0208. The lowest BCUT2D eigenvalue weighted by atomic mass is 10.2. The maximum atomic E-state index is 13.5. The fourth-order valence-corrected chi connectivity index (χ4v) is 2.72. The third-order valence-corrected chi connectivity index (χ3v) is 4.14. The smallest absolute Gasteiger partial charge is 0.240 e. The van der Waals surface area contributed by atoms with Crippen molar-refractivity contribution in [1.29, 1.82) is 0 Å². The van der Waals surface area contributed by atoms with Crippen molar-refractivity contribution in [2.24, 2.45) is 5.92 Å². The Morgan fingerprint density at radius 1 is 1.47 bits per heavy atom. The van der Waals surface area contributed by atoms with Crippen LogP contribution < -0.4 is 10.5 Å². The zero-order valence-electron chi connectivity index (χ0n) is 11.2. The number of nitrogens with one attached hydrogen (secondary N) is 1. The molecule has 1 rings (SSSR count). The van der Waals surface area contributed by atoms with E-state index in [2.05, 4.69) is 4.72 Å². The first-order chi connectivity index (χ1) is 8.77.